The molecule has 1 aromatic carbocycles. The number of hydrogen-bond donors (Lipinski definition) is 0. The number of carbonyl (C=O) groups excluding carboxylic acids is 1. The van der Waals surface area contributed by atoms with Crippen LogP contribution in [0.2, 0.25) is 0 Å². The lowest BCUT2D eigenvalue weighted by atomic mass is 10.1. The second-order valence-electron chi connectivity index (χ2n) is 6.31. The summed E-state index contributed by atoms with van der Waals surface area (Å²) in [5.74, 6) is 0.803. The number of hydrogen-bond acceptors (Lipinski definition) is 4. The molecule has 2 aliphatic heterocycles. The number of fused-ring (bicyclic) bond motifs is 1. The van der Waals surface area contributed by atoms with Crippen LogP contribution in [-0.2, 0) is 6.42 Å². The zero-order chi connectivity index (χ0) is 15.8. The highest BCUT2D eigenvalue weighted by Gasteiger charge is 2.28. The van der Waals surface area contributed by atoms with Crippen LogP contribution in [0.1, 0.15) is 35.8 Å². The van der Waals surface area contributed by atoms with Gasteiger partial charge in [-0.2, -0.15) is 0 Å². The average Bonchev–Trinajstić information content (AvgIpc) is 3.21. The van der Waals surface area contributed by atoms with Gasteiger partial charge in [0.15, 0.2) is 5.82 Å². The average molecular weight is 308 g/mol. The quantitative estimate of drug-likeness (QED) is 0.856. The number of aromatic nitrogens is 2. The van der Waals surface area contributed by atoms with E-state index in [1.54, 1.807) is 12.4 Å². The topological polar surface area (TPSA) is 49.3 Å². The Morgan fingerprint density at radius 3 is 2.65 bits per heavy atom. The van der Waals surface area contributed by atoms with Gasteiger partial charge < -0.3 is 9.80 Å². The summed E-state index contributed by atoms with van der Waals surface area (Å²) in [6, 6.07) is 8.73. The molecule has 1 saturated heterocycles. The van der Waals surface area contributed by atoms with Crippen molar-refractivity contribution in [1.82, 2.24) is 14.9 Å². The molecule has 3 heterocycles. The van der Waals surface area contributed by atoms with Crippen molar-refractivity contribution < 1.29 is 4.79 Å². The highest BCUT2D eigenvalue weighted by Crippen LogP contribution is 2.36. The van der Waals surface area contributed by atoms with Crippen LogP contribution in [0.25, 0.3) is 0 Å². The Morgan fingerprint density at radius 1 is 1.13 bits per heavy atom. The van der Waals surface area contributed by atoms with Crippen LogP contribution in [0.5, 0.6) is 0 Å². The number of para-hydroxylation sites is 1. The summed E-state index contributed by atoms with van der Waals surface area (Å²) in [6.45, 7) is 3.85. The van der Waals surface area contributed by atoms with Gasteiger partial charge in [-0.25, -0.2) is 9.97 Å². The number of likely N-dealkylation sites (tertiary alicyclic amines) is 1. The van der Waals surface area contributed by atoms with Gasteiger partial charge in [0.2, 0.25) is 0 Å². The van der Waals surface area contributed by atoms with Gasteiger partial charge in [0.1, 0.15) is 5.69 Å². The molecule has 1 unspecified atom stereocenters. The molecule has 0 radical (unpaired) electrons. The molecule has 1 aromatic heterocycles. The minimum absolute atomic E-state index is 0.00331. The van der Waals surface area contributed by atoms with E-state index in [2.05, 4.69) is 40.0 Å². The lowest BCUT2D eigenvalue weighted by molar-refractivity contribution is 0.0786. The molecule has 5 nitrogen and oxygen atoms in total. The SMILES string of the molecule is CC1Cc2ccccc2N1c1cnc(C(=O)N2CCCC2)cn1. The van der Waals surface area contributed by atoms with Crippen LogP contribution < -0.4 is 4.90 Å². The van der Waals surface area contributed by atoms with Crippen molar-refractivity contribution in [2.45, 2.75) is 32.2 Å². The molecule has 118 valence electrons. The third-order valence-corrected chi connectivity index (χ3v) is 4.70. The zero-order valence-electron chi connectivity index (χ0n) is 13.3. The Balaban J connectivity index is 1.60. The molecule has 0 spiro atoms. The maximum atomic E-state index is 12.4. The van der Waals surface area contributed by atoms with Crippen LogP contribution in [0.15, 0.2) is 36.7 Å². The molecule has 5 heteroatoms. The molecule has 1 fully saturated rings. The third kappa shape index (κ3) is 2.46. The molecule has 0 N–H and O–H groups in total. The van der Waals surface area contributed by atoms with E-state index in [-0.39, 0.29) is 5.91 Å². The van der Waals surface area contributed by atoms with Crippen LogP contribution >= 0.6 is 0 Å². The van der Waals surface area contributed by atoms with Crippen LogP contribution in [0.3, 0.4) is 0 Å². The Labute approximate surface area is 136 Å². The summed E-state index contributed by atoms with van der Waals surface area (Å²) in [5.41, 5.74) is 2.96. The van der Waals surface area contributed by atoms with E-state index in [0.717, 1.165) is 38.2 Å². The number of carbonyl (C=O) groups is 1. The minimum atomic E-state index is -0.00331. The molecular formula is C18H20N4O. The van der Waals surface area contributed by atoms with Gasteiger partial charge in [-0.1, -0.05) is 18.2 Å². The lowest BCUT2D eigenvalue weighted by Crippen LogP contribution is -2.29. The van der Waals surface area contributed by atoms with E-state index < -0.39 is 0 Å². The minimum Gasteiger partial charge on any atom is -0.337 e. The van der Waals surface area contributed by atoms with E-state index in [0.29, 0.717) is 11.7 Å². The smallest absolute Gasteiger partial charge is 0.274 e. The molecule has 2 aromatic rings. The van der Waals surface area contributed by atoms with Gasteiger partial charge >= 0.3 is 0 Å². The van der Waals surface area contributed by atoms with Crippen molar-refractivity contribution in [2.24, 2.45) is 0 Å². The number of nitrogens with zero attached hydrogens (tertiary/aromatic N) is 4. The number of rotatable bonds is 2. The first-order valence-electron chi connectivity index (χ1n) is 8.22. The van der Waals surface area contributed by atoms with E-state index in [9.17, 15) is 4.79 Å². The summed E-state index contributed by atoms with van der Waals surface area (Å²) in [6.07, 6.45) is 6.51. The monoisotopic (exact) mass is 308 g/mol. The second-order valence-corrected chi connectivity index (χ2v) is 6.31. The highest BCUT2D eigenvalue weighted by molar-refractivity contribution is 5.92. The van der Waals surface area contributed by atoms with Crippen molar-refractivity contribution >= 4 is 17.4 Å². The molecule has 0 aliphatic carbocycles. The van der Waals surface area contributed by atoms with E-state index in [1.165, 1.54) is 11.3 Å². The number of benzene rings is 1. The van der Waals surface area contributed by atoms with Crippen LogP contribution in [0, 0.1) is 0 Å². The molecule has 1 amide bonds. The van der Waals surface area contributed by atoms with E-state index >= 15 is 0 Å². The van der Waals surface area contributed by atoms with Crippen molar-refractivity contribution in [3.63, 3.8) is 0 Å². The fourth-order valence-corrected chi connectivity index (χ4v) is 3.55. The van der Waals surface area contributed by atoms with Gasteiger partial charge in [0.05, 0.1) is 12.4 Å². The number of amides is 1. The fourth-order valence-electron chi connectivity index (χ4n) is 3.55. The number of anilines is 2. The summed E-state index contributed by atoms with van der Waals surface area (Å²) in [7, 11) is 0. The zero-order valence-corrected chi connectivity index (χ0v) is 13.3. The van der Waals surface area contributed by atoms with Crippen molar-refractivity contribution in [2.75, 3.05) is 18.0 Å². The summed E-state index contributed by atoms with van der Waals surface area (Å²) >= 11 is 0. The van der Waals surface area contributed by atoms with Gasteiger partial charge in [0.25, 0.3) is 5.91 Å². The molecule has 0 saturated carbocycles. The lowest BCUT2D eigenvalue weighted by Gasteiger charge is -2.23. The van der Waals surface area contributed by atoms with Gasteiger partial charge in [-0.3, -0.25) is 4.79 Å². The standard InChI is InChI=1S/C18H20N4O/c1-13-10-14-6-2-3-7-16(14)22(13)17-12-19-15(11-20-17)18(23)21-8-4-5-9-21/h2-3,6-7,11-13H,4-5,8-10H2,1H3. The summed E-state index contributed by atoms with van der Waals surface area (Å²) in [5, 5.41) is 0. The Hall–Kier alpha value is -2.43. The first-order chi connectivity index (χ1) is 11.2. The van der Waals surface area contributed by atoms with Crippen molar-refractivity contribution in [1.29, 1.82) is 0 Å². The summed E-state index contributed by atoms with van der Waals surface area (Å²) < 4.78 is 0. The molecule has 0 bridgehead atoms. The summed E-state index contributed by atoms with van der Waals surface area (Å²) in [4.78, 5) is 25.3. The molecule has 4 rings (SSSR count). The van der Waals surface area contributed by atoms with Crippen LogP contribution in [0.4, 0.5) is 11.5 Å². The largest absolute Gasteiger partial charge is 0.337 e. The molecule has 1 atom stereocenters. The van der Waals surface area contributed by atoms with Gasteiger partial charge in [-0.15, -0.1) is 0 Å². The first kappa shape index (κ1) is 14.2. The van der Waals surface area contributed by atoms with E-state index in [1.807, 2.05) is 11.0 Å². The van der Waals surface area contributed by atoms with Gasteiger partial charge in [0, 0.05) is 24.8 Å². The normalized spacial score (nSPS) is 20.0. The van der Waals surface area contributed by atoms with E-state index in [4.69, 9.17) is 0 Å². The Kier molecular flexibility index (Phi) is 3.48. The van der Waals surface area contributed by atoms with Crippen molar-refractivity contribution in [3.05, 3.63) is 47.9 Å². The van der Waals surface area contributed by atoms with Gasteiger partial charge in [-0.05, 0) is 37.8 Å². The van der Waals surface area contributed by atoms with Crippen LogP contribution in [-0.4, -0.2) is 39.9 Å². The maximum Gasteiger partial charge on any atom is 0.274 e. The predicted molar refractivity (Wildman–Crippen MR) is 88.9 cm³/mol. The fraction of sp³-hybridized carbons (Fsp3) is 0.389. The third-order valence-electron chi connectivity index (χ3n) is 4.70. The predicted octanol–water partition coefficient (Wildman–Crippen LogP) is 2.80. The molecular weight excluding hydrogens is 288 g/mol. The first-order valence-corrected chi connectivity index (χ1v) is 8.22. The maximum absolute atomic E-state index is 12.4. The Morgan fingerprint density at radius 2 is 1.91 bits per heavy atom. The highest BCUT2D eigenvalue weighted by atomic mass is 16.2. The van der Waals surface area contributed by atoms with Crippen molar-refractivity contribution in [3.8, 4) is 0 Å². The second kappa shape index (κ2) is 5.65. The molecule has 23 heavy (non-hydrogen) atoms. The Bertz CT molecular complexity index is 722. The molecule has 2 aliphatic rings.